The minimum absolute atomic E-state index is 0.0299. The Labute approximate surface area is 171 Å². The van der Waals surface area contributed by atoms with Crippen molar-refractivity contribution in [2.24, 2.45) is 23.2 Å². The fraction of sp³-hybridized carbons (Fsp3) is 0.783. The molecule has 0 spiro atoms. The highest BCUT2D eigenvalue weighted by atomic mass is 16.4. The Morgan fingerprint density at radius 3 is 2.07 bits per heavy atom. The number of nitrogens with zero attached hydrogens (tertiary/aromatic N) is 2. The highest BCUT2D eigenvalue weighted by Crippen LogP contribution is 2.61. The number of aromatic nitrogens is 2. The Bertz CT molecular complexity index is 786. The van der Waals surface area contributed by atoms with Crippen molar-refractivity contribution >= 4 is 12.1 Å². The predicted molar refractivity (Wildman–Crippen MR) is 107 cm³/mol. The third-order valence-electron chi connectivity index (χ3n) is 8.42. The van der Waals surface area contributed by atoms with E-state index in [2.05, 4.69) is 4.98 Å². The van der Waals surface area contributed by atoms with Gasteiger partial charge in [-0.1, -0.05) is 19.3 Å². The summed E-state index contributed by atoms with van der Waals surface area (Å²) >= 11 is 0. The first-order valence-corrected chi connectivity index (χ1v) is 11.5. The summed E-state index contributed by atoms with van der Waals surface area (Å²) in [6, 6.07) is 0. The second kappa shape index (κ2) is 7.13. The zero-order valence-electron chi connectivity index (χ0n) is 17.1. The molecule has 1 heterocycles. The summed E-state index contributed by atoms with van der Waals surface area (Å²) < 4.78 is 1.25. The van der Waals surface area contributed by atoms with Crippen molar-refractivity contribution in [2.45, 2.75) is 89.4 Å². The minimum Gasteiger partial charge on any atom is -0.476 e. The van der Waals surface area contributed by atoms with Gasteiger partial charge in [0, 0.05) is 5.92 Å². The molecule has 4 bridgehead atoms. The first-order chi connectivity index (χ1) is 13.9. The molecule has 29 heavy (non-hydrogen) atoms. The van der Waals surface area contributed by atoms with E-state index >= 15 is 0 Å². The van der Waals surface area contributed by atoms with Crippen LogP contribution in [0.2, 0.25) is 0 Å². The molecule has 5 aliphatic rings. The van der Waals surface area contributed by atoms with Gasteiger partial charge >= 0.3 is 12.1 Å². The molecule has 0 aromatic carbocycles. The number of imidazole rings is 1. The van der Waals surface area contributed by atoms with Crippen molar-refractivity contribution in [3.63, 3.8) is 0 Å². The largest absolute Gasteiger partial charge is 0.476 e. The molecule has 158 valence electrons. The van der Waals surface area contributed by atoms with Crippen LogP contribution >= 0.6 is 0 Å². The van der Waals surface area contributed by atoms with Gasteiger partial charge in [-0.2, -0.15) is 0 Å². The number of aromatic carboxylic acids is 1. The second-order valence-electron chi connectivity index (χ2n) is 10.4. The Hall–Kier alpha value is -1.85. The standard InChI is InChI=1S/C23H32N2O4/c26-21(27)19-18(25(22(28)29)20(24-19)17-4-2-1-3-5-17)6-7-23-11-14-8-15(12-23)10-16(9-14)13-23/h14-17H,1-13H2,(H,26,27)(H,28,29). The van der Waals surface area contributed by atoms with Crippen molar-refractivity contribution in [1.82, 2.24) is 9.55 Å². The molecule has 0 saturated heterocycles. The fourth-order valence-electron chi connectivity index (χ4n) is 7.70. The van der Waals surface area contributed by atoms with Crippen LogP contribution in [0.25, 0.3) is 0 Å². The number of hydrogen-bond acceptors (Lipinski definition) is 3. The van der Waals surface area contributed by atoms with Gasteiger partial charge in [-0.25, -0.2) is 19.1 Å². The lowest BCUT2D eigenvalue weighted by Crippen LogP contribution is -2.46. The topological polar surface area (TPSA) is 92.4 Å². The van der Waals surface area contributed by atoms with Crippen LogP contribution < -0.4 is 0 Å². The zero-order valence-corrected chi connectivity index (χ0v) is 17.1. The van der Waals surface area contributed by atoms with E-state index in [1.165, 1.54) is 43.1 Å². The van der Waals surface area contributed by atoms with Crippen LogP contribution in [0, 0.1) is 23.2 Å². The molecule has 0 radical (unpaired) electrons. The molecule has 0 unspecified atom stereocenters. The van der Waals surface area contributed by atoms with E-state index in [4.69, 9.17) is 0 Å². The molecular formula is C23H32N2O4. The third kappa shape index (κ3) is 3.38. The smallest absolute Gasteiger partial charge is 0.417 e. The van der Waals surface area contributed by atoms with Crippen LogP contribution in [0.4, 0.5) is 4.79 Å². The maximum absolute atomic E-state index is 12.2. The van der Waals surface area contributed by atoms with Gasteiger partial charge in [0.25, 0.3) is 0 Å². The average Bonchev–Trinajstić information content (AvgIpc) is 3.06. The van der Waals surface area contributed by atoms with Crippen molar-refractivity contribution in [3.05, 3.63) is 17.2 Å². The van der Waals surface area contributed by atoms with Crippen LogP contribution in [0.15, 0.2) is 0 Å². The van der Waals surface area contributed by atoms with E-state index in [0.717, 1.165) is 56.3 Å². The van der Waals surface area contributed by atoms with Crippen LogP contribution in [-0.2, 0) is 6.42 Å². The molecule has 6 heteroatoms. The molecule has 1 aromatic rings. The molecule has 0 amide bonds. The number of rotatable bonds is 5. The summed E-state index contributed by atoms with van der Waals surface area (Å²) in [6.07, 6.45) is 13.3. The first kappa shape index (κ1) is 19.1. The predicted octanol–water partition coefficient (Wildman–Crippen LogP) is 5.30. The van der Waals surface area contributed by atoms with Gasteiger partial charge in [0.05, 0.1) is 5.69 Å². The molecular weight excluding hydrogens is 368 g/mol. The van der Waals surface area contributed by atoms with Gasteiger partial charge < -0.3 is 10.2 Å². The Morgan fingerprint density at radius 2 is 1.55 bits per heavy atom. The number of carbonyl (C=O) groups is 2. The summed E-state index contributed by atoms with van der Waals surface area (Å²) in [6.45, 7) is 0. The van der Waals surface area contributed by atoms with E-state index in [1.807, 2.05) is 0 Å². The zero-order chi connectivity index (χ0) is 20.2. The third-order valence-corrected chi connectivity index (χ3v) is 8.42. The average molecular weight is 401 g/mol. The van der Waals surface area contributed by atoms with Gasteiger partial charge in [0.15, 0.2) is 5.69 Å². The summed E-state index contributed by atoms with van der Waals surface area (Å²) in [5, 5.41) is 19.7. The lowest BCUT2D eigenvalue weighted by atomic mass is 9.48. The maximum atomic E-state index is 12.2. The van der Waals surface area contributed by atoms with Crippen LogP contribution in [0.1, 0.15) is 105 Å². The summed E-state index contributed by atoms with van der Waals surface area (Å²) in [4.78, 5) is 28.5. The molecule has 6 rings (SSSR count). The van der Waals surface area contributed by atoms with E-state index in [9.17, 15) is 19.8 Å². The SMILES string of the molecule is O=C(O)c1nc(C2CCCCC2)n(C(=O)O)c1CCC12CC3CC(CC(C3)C1)C2. The van der Waals surface area contributed by atoms with Crippen molar-refractivity contribution in [3.8, 4) is 0 Å². The molecule has 1 aromatic heterocycles. The van der Waals surface area contributed by atoms with Gasteiger partial charge in [0.1, 0.15) is 5.82 Å². The quantitative estimate of drug-likeness (QED) is 0.699. The Balaban J connectivity index is 1.45. The van der Waals surface area contributed by atoms with Crippen LogP contribution in [-0.4, -0.2) is 31.8 Å². The molecule has 5 saturated carbocycles. The van der Waals surface area contributed by atoms with Gasteiger partial charge in [0.2, 0.25) is 0 Å². The molecule has 6 nitrogen and oxygen atoms in total. The van der Waals surface area contributed by atoms with Crippen molar-refractivity contribution in [2.75, 3.05) is 0 Å². The molecule has 5 fully saturated rings. The minimum atomic E-state index is -1.09. The molecule has 2 N–H and O–H groups in total. The van der Waals surface area contributed by atoms with Crippen molar-refractivity contribution in [1.29, 1.82) is 0 Å². The van der Waals surface area contributed by atoms with Crippen molar-refractivity contribution < 1.29 is 19.8 Å². The molecule has 5 aliphatic carbocycles. The second-order valence-corrected chi connectivity index (χ2v) is 10.4. The van der Waals surface area contributed by atoms with Gasteiger partial charge in [-0.15, -0.1) is 0 Å². The fourth-order valence-corrected chi connectivity index (χ4v) is 7.70. The molecule has 0 atom stereocenters. The normalized spacial score (nSPS) is 33.9. The highest BCUT2D eigenvalue weighted by molar-refractivity contribution is 5.88. The summed E-state index contributed by atoms with van der Waals surface area (Å²) in [7, 11) is 0. The monoisotopic (exact) mass is 400 g/mol. The Morgan fingerprint density at radius 1 is 0.966 bits per heavy atom. The number of hydrogen-bond donors (Lipinski definition) is 2. The molecule has 0 aliphatic heterocycles. The first-order valence-electron chi connectivity index (χ1n) is 11.5. The number of carboxylic acids is 1. The van der Waals surface area contributed by atoms with Crippen LogP contribution in [0.3, 0.4) is 0 Å². The van der Waals surface area contributed by atoms with E-state index in [-0.39, 0.29) is 11.6 Å². The lowest BCUT2D eigenvalue weighted by Gasteiger charge is -2.57. The van der Waals surface area contributed by atoms with E-state index in [0.29, 0.717) is 23.4 Å². The van der Waals surface area contributed by atoms with Gasteiger partial charge in [-0.05, 0) is 87.4 Å². The lowest BCUT2D eigenvalue weighted by molar-refractivity contribution is -0.0571. The van der Waals surface area contributed by atoms with Crippen LogP contribution in [0.5, 0.6) is 0 Å². The van der Waals surface area contributed by atoms with Gasteiger partial charge in [-0.3, -0.25) is 0 Å². The Kier molecular flexibility index (Phi) is 4.71. The highest BCUT2D eigenvalue weighted by Gasteiger charge is 2.50. The van der Waals surface area contributed by atoms with E-state index in [1.54, 1.807) is 0 Å². The number of carboxylic acid groups (broad SMARTS) is 2. The summed E-state index contributed by atoms with van der Waals surface area (Å²) in [5.74, 6) is 1.94. The van der Waals surface area contributed by atoms with E-state index < -0.39 is 12.1 Å². The summed E-state index contributed by atoms with van der Waals surface area (Å²) in [5.41, 5.74) is 0.683. The maximum Gasteiger partial charge on any atom is 0.417 e.